The first-order valence-corrected chi connectivity index (χ1v) is 11.0. The van der Waals surface area contributed by atoms with Gasteiger partial charge in [-0.05, 0) is 36.2 Å². The predicted octanol–water partition coefficient (Wildman–Crippen LogP) is 4.89. The molecule has 156 valence electrons. The molecule has 7 heteroatoms. The SMILES string of the molecule is CCOC(=O)C(SCc1ccc(OC)cc1-c1ncccc1CCl)C(=O)C(C)C. The maximum Gasteiger partial charge on any atom is 0.326 e. The molecule has 0 fully saturated rings. The van der Waals surface area contributed by atoms with Gasteiger partial charge in [0, 0.05) is 29.3 Å². The molecule has 1 aromatic carbocycles. The van der Waals surface area contributed by atoms with Gasteiger partial charge in [0.05, 0.1) is 19.4 Å². The topological polar surface area (TPSA) is 65.5 Å². The first-order chi connectivity index (χ1) is 13.9. The van der Waals surface area contributed by atoms with Crippen molar-refractivity contribution in [3.8, 4) is 17.0 Å². The van der Waals surface area contributed by atoms with Crippen molar-refractivity contribution in [1.82, 2.24) is 4.98 Å². The van der Waals surface area contributed by atoms with E-state index < -0.39 is 11.2 Å². The largest absolute Gasteiger partial charge is 0.497 e. The Morgan fingerprint density at radius 2 is 1.97 bits per heavy atom. The number of ketones is 1. The molecule has 1 unspecified atom stereocenters. The Labute approximate surface area is 181 Å². The van der Waals surface area contributed by atoms with E-state index in [4.69, 9.17) is 21.1 Å². The van der Waals surface area contributed by atoms with Gasteiger partial charge in [0.2, 0.25) is 0 Å². The highest BCUT2D eigenvalue weighted by Gasteiger charge is 2.30. The number of alkyl halides is 1. The molecule has 1 atom stereocenters. The van der Waals surface area contributed by atoms with E-state index in [0.29, 0.717) is 17.4 Å². The average molecular weight is 436 g/mol. The quantitative estimate of drug-likeness (QED) is 0.301. The van der Waals surface area contributed by atoms with Gasteiger partial charge in [0.15, 0.2) is 11.0 Å². The van der Waals surface area contributed by atoms with Crippen LogP contribution in [0.3, 0.4) is 0 Å². The minimum atomic E-state index is -0.860. The van der Waals surface area contributed by atoms with Crippen LogP contribution in [0.25, 0.3) is 11.3 Å². The van der Waals surface area contributed by atoms with Crippen molar-refractivity contribution in [3.05, 3.63) is 47.7 Å². The number of thioether (sulfide) groups is 1. The van der Waals surface area contributed by atoms with Crippen LogP contribution in [-0.2, 0) is 26.0 Å². The van der Waals surface area contributed by atoms with Crippen LogP contribution in [0.2, 0.25) is 0 Å². The summed E-state index contributed by atoms with van der Waals surface area (Å²) in [5, 5.41) is -0.860. The predicted molar refractivity (Wildman–Crippen MR) is 117 cm³/mol. The fourth-order valence-electron chi connectivity index (χ4n) is 2.78. The summed E-state index contributed by atoms with van der Waals surface area (Å²) < 4.78 is 10.5. The minimum absolute atomic E-state index is 0.136. The van der Waals surface area contributed by atoms with E-state index in [1.807, 2.05) is 30.3 Å². The molecular weight excluding hydrogens is 410 g/mol. The van der Waals surface area contributed by atoms with Gasteiger partial charge < -0.3 is 9.47 Å². The second-order valence-electron chi connectivity index (χ2n) is 6.67. The fourth-order valence-corrected chi connectivity index (χ4v) is 4.23. The number of ether oxygens (including phenoxy) is 2. The Morgan fingerprint density at radius 1 is 1.21 bits per heavy atom. The van der Waals surface area contributed by atoms with Crippen LogP contribution in [0.5, 0.6) is 5.75 Å². The normalized spacial score (nSPS) is 11.9. The standard InChI is InChI=1S/C22H26ClNO4S/c1-5-28-22(26)21(20(25)14(2)3)29-13-16-8-9-17(27-4)11-18(16)19-15(12-23)7-6-10-24-19/h6-11,14,21H,5,12-13H2,1-4H3. The second kappa shape index (κ2) is 11.2. The van der Waals surface area contributed by atoms with Crippen LogP contribution in [0.1, 0.15) is 31.9 Å². The van der Waals surface area contributed by atoms with Crippen LogP contribution < -0.4 is 4.74 Å². The monoisotopic (exact) mass is 435 g/mol. The van der Waals surface area contributed by atoms with Crippen molar-refractivity contribution in [2.24, 2.45) is 5.92 Å². The van der Waals surface area contributed by atoms with Crippen molar-refractivity contribution in [3.63, 3.8) is 0 Å². The lowest BCUT2D eigenvalue weighted by molar-refractivity contribution is -0.145. The zero-order valence-electron chi connectivity index (χ0n) is 17.1. The number of halogens is 1. The summed E-state index contributed by atoms with van der Waals surface area (Å²) >= 11 is 7.38. The maximum atomic E-state index is 12.6. The summed E-state index contributed by atoms with van der Waals surface area (Å²) in [6, 6.07) is 9.45. The molecule has 1 aromatic heterocycles. The number of pyridine rings is 1. The summed E-state index contributed by atoms with van der Waals surface area (Å²) in [6.07, 6.45) is 1.71. The molecule has 2 rings (SSSR count). The zero-order valence-corrected chi connectivity index (χ0v) is 18.7. The maximum absolute atomic E-state index is 12.6. The molecule has 0 saturated carbocycles. The van der Waals surface area contributed by atoms with Gasteiger partial charge in [-0.2, -0.15) is 0 Å². The molecule has 1 heterocycles. The summed E-state index contributed by atoms with van der Waals surface area (Å²) in [7, 11) is 1.60. The number of carbonyl (C=O) groups is 2. The number of benzene rings is 1. The Kier molecular flexibility index (Phi) is 8.99. The number of hydrogen-bond acceptors (Lipinski definition) is 6. The summed E-state index contributed by atoms with van der Waals surface area (Å²) in [5.41, 5.74) is 3.47. The fraction of sp³-hybridized carbons (Fsp3) is 0.409. The Hall–Kier alpha value is -2.05. The first kappa shape index (κ1) is 23.2. The lowest BCUT2D eigenvalue weighted by atomic mass is 10.0. The molecule has 5 nitrogen and oxygen atoms in total. The van der Waals surface area contributed by atoms with E-state index in [2.05, 4.69) is 4.98 Å². The minimum Gasteiger partial charge on any atom is -0.497 e. The van der Waals surface area contributed by atoms with Gasteiger partial charge in [-0.15, -0.1) is 23.4 Å². The Bertz CT molecular complexity index is 856. The molecule has 0 aliphatic heterocycles. The van der Waals surface area contributed by atoms with E-state index in [1.54, 1.807) is 34.1 Å². The smallest absolute Gasteiger partial charge is 0.326 e. The van der Waals surface area contributed by atoms with Crippen molar-refractivity contribution < 1.29 is 19.1 Å². The summed E-state index contributed by atoms with van der Waals surface area (Å²) in [4.78, 5) is 29.4. The summed E-state index contributed by atoms with van der Waals surface area (Å²) in [6.45, 7) is 5.54. The second-order valence-corrected chi connectivity index (χ2v) is 8.03. The molecule has 2 aromatic rings. The number of rotatable bonds is 10. The molecule has 0 N–H and O–H groups in total. The average Bonchev–Trinajstić information content (AvgIpc) is 2.73. The van der Waals surface area contributed by atoms with Crippen LogP contribution in [0.15, 0.2) is 36.5 Å². The molecule has 0 aliphatic carbocycles. The van der Waals surface area contributed by atoms with Crippen LogP contribution >= 0.6 is 23.4 Å². The molecular formula is C22H26ClNO4S. The Balaban J connectivity index is 2.38. The third kappa shape index (κ3) is 5.97. The van der Waals surface area contributed by atoms with E-state index >= 15 is 0 Å². The molecule has 29 heavy (non-hydrogen) atoms. The Morgan fingerprint density at radius 3 is 2.59 bits per heavy atom. The number of hydrogen-bond donors (Lipinski definition) is 0. The van der Waals surface area contributed by atoms with Crippen molar-refractivity contribution in [2.45, 2.75) is 37.7 Å². The third-order valence-electron chi connectivity index (χ3n) is 4.34. The van der Waals surface area contributed by atoms with Gasteiger partial charge in [-0.25, -0.2) is 0 Å². The van der Waals surface area contributed by atoms with E-state index in [-0.39, 0.29) is 18.3 Å². The highest BCUT2D eigenvalue weighted by atomic mass is 35.5. The van der Waals surface area contributed by atoms with Crippen molar-refractivity contribution >= 4 is 35.1 Å². The zero-order chi connectivity index (χ0) is 21.4. The molecule has 0 bridgehead atoms. The van der Waals surface area contributed by atoms with Crippen LogP contribution in [-0.4, -0.2) is 35.7 Å². The molecule has 0 aliphatic rings. The van der Waals surface area contributed by atoms with E-state index in [9.17, 15) is 9.59 Å². The van der Waals surface area contributed by atoms with Crippen molar-refractivity contribution in [1.29, 1.82) is 0 Å². The van der Waals surface area contributed by atoms with Gasteiger partial charge in [-0.3, -0.25) is 14.6 Å². The van der Waals surface area contributed by atoms with Crippen LogP contribution in [0, 0.1) is 5.92 Å². The number of carbonyl (C=O) groups excluding carboxylic acids is 2. The third-order valence-corrected chi connectivity index (χ3v) is 5.86. The lowest BCUT2D eigenvalue weighted by Crippen LogP contribution is -2.32. The molecule has 0 radical (unpaired) electrons. The number of aromatic nitrogens is 1. The van der Waals surface area contributed by atoms with E-state index in [1.165, 1.54) is 11.8 Å². The van der Waals surface area contributed by atoms with Gasteiger partial charge >= 0.3 is 5.97 Å². The number of esters is 1. The lowest BCUT2D eigenvalue weighted by Gasteiger charge is -2.18. The van der Waals surface area contributed by atoms with Crippen molar-refractivity contribution in [2.75, 3.05) is 13.7 Å². The molecule has 0 amide bonds. The van der Waals surface area contributed by atoms with Gasteiger partial charge in [0.1, 0.15) is 5.75 Å². The van der Waals surface area contributed by atoms with E-state index in [0.717, 1.165) is 22.4 Å². The van der Waals surface area contributed by atoms with Crippen LogP contribution in [0.4, 0.5) is 0 Å². The first-order valence-electron chi connectivity index (χ1n) is 9.42. The molecule has 0 saturated heterocycles. The summed E-state index contributed by atoms with van der Waals surface area (Å²) in [5.74, 6) is 0.573. The van der Waals surface area contributed by atoms with Gasteiger partial charge in [-0.1, -0.05) is 26.0 Å². The highest BCUT2D eigenvalue weighted by Crippen LogP contribution is 2.33. The number of nitrogens with zero attached hydrogens (tertiary/aromatic N) is 1. The number of Topliss-reactive ketones (excluding diaryl/α,β-unsaturated/α-hetero) is 1. The number of methoxy groups -OCH3 is 1. The molecule has 0 spiro atoms. The van der Waals surface area contributed by atoms with Gasteiger partial charge in [0.25, 0.3) is 0 Å². The highest BCUT2D eigenvalue weighted by molar-refractivity contribution is 8.00.